The molecule has 1 amide bonds. The predicted molar refractivity (Wildman–Crippen MR) is 157 cm³/mol. The zero-order valence-corrected chi connectivity index (χ0v) is 22.7. The number of carbonyl (C=O) groups is 1. The van der Waals surface area contributed by atoms with Gasteiger partial charge >= 0.3 is 6.09 Å². The molecule has 3 N–H and O–H groups in total. The minimum absolute atomic E-state index is 0. The van der Waals surface area contributed by atoms with Crippen LogP contribution in [0.4, 0.5) is 27.9 Å². The summed E-state index contributed by atoms with van der Waals surface area (Å²) in [4.78, 5) is 23.7. The molecule has 0 saturated carbocycles. The number of hydrogen-bond acceptors (Lipinski definition) is 9. The summed E-state index contributed by atoms with van der Waals surface area (Å²) >= 11 is 0. The lowest BCUT2D eigenvalue weighted by atomic mass is 10.1. The van der Waals surface area contributed by atoms with Crippen LogP contribution in [0.5, 0.6) is 0 Å². The standard InChI is InChI=1S/C27H34N6O4S.CH4/c1-4-37-27(35)32-38(3,36)23-12-10-21(11-13-23)30-26-28-17-24(25(31-26)29-19(2)18-34)20-8-7-9-22(16-20)33-14-5-6-15-33;/h7-13,16-17,19,34H,4-6,14-15,18H2,1-3H3,(H2,28,29,30,31);1H4/t19-,38?;/m1./s1. The summed E-state index contributed by atoms with van der Waals surface area (Å²) in [6, 6.07) is 14.8. The largest absolute Gasteiger partial charge is 0.448 e. The summed E-state index contributed by atoms with van der Waals surface area (Å²) < 4.78 is 21.3. The number of anilines is 4. The van der Waals surface area contributed by atoms with E-state index in [1.165, 1.54) is 24.8 Å². The van der Waals surface area contributed by atoms with Crippen LogP contribution in [0.2, 0.25) is 0 Å². The van der Waals surface area contributed by atoms with Gasteiger partial charge in [0, 0.05) is 53.4 Å². The molecular weight excluding hydrogens is 516 g/mol. The monoisotopic (exact) mass is 554 g/mol. The van der Waals surface area contributed by atoms with Gasteiger partial charge in [-0.25, -0.2) is 14.0 Å². The Balaban J connectivity index is 0.00000420. The SMILES string of the molecule is C.CCOC(=O)N=S(C)(=O)c1ccc(Nc2ncc(-c3cccc(N4CCCC4)c3)c(N[C@H](C)CO)n2)cc1. The van der Waals surface area contributed by atoms with Crippen molar-refractivity contribution in [1.29, 1.82) is 0 Å². The maximum absolute atomic E-state index is 12.9. The molecule has 0 aliphatic carbocycles. The highest BCUT2D eigenvalue weighted by atomic mass is 32.2. The summed E-state index contributed by atoms with van der Waals surface area (Å²) in [6.07, 6.45) is 4.71. The van der Waals surface area contributed by atoms with E-state index >= 15 is 0 Å². The Kier molecular flexibility index (Phi) is 10.2. The number of ether oxygens (including phenoxy) is 1. The Morgan fingerprint density at radius 2 is 1.92 bits per heavy atom. The molecule has 0 bridgehead atoms. The van der Waals surface area contributed by atoms with Crippen molar-refractivity contribution in [2.24, 2.45) is 4.36 Å². The van der Waals surface area contributed by atoms with E-state index in [9.17, 15) is 14.1 Å². The van der Waals surface area contributed by atoms with Crippen molar-refractivity contribution in [2.75, 3.05) is 48.1 Å². The van der Waals surface area contributed by atoms with Crippen LogP contribution in [0.3, 0.4) is 0 Å². The van der Waals surface area contributed by atoms with Crippen LogP contribution in [0.25, 0.3) is 11.1 Å². The smallest absolute Gasteiger partial charge is 0.442 e. The summed E-state index contributed by atoms with van der Waals surface area (Å²) in [5.74, 6) is 0.960. The lowest BCUT2D eigenvalue weighted by Gasteiger charge is -2.20. The highest BCUT2D eigenvalue weighted by molar-refractivity contribution is 7.93. The number of benzene rings is 2. The van der Waals surface area contributed by atoms with E-state index in [0.29, 0.717) is 22.3 Å². The molecule has 0 radical (unpaired) electrons. The molecule has 2 aromatic carbocycles. The van der Waals surface area contributed by atoms with Gasteiger partial charge in [0.25, 0.3) is 0 Å². The van der Waals surface area contributed by atoms with Crippen LogP contribution in [0, 0.1) is 0 Å². The van der Waals surface area contributed by atoms with Crippen LogP contribution in [-0.2, 0) is 14.5 Å². The second-order valence-electron chi connectivity index (χ2n) is 9.17. The first-order valence-corrected chi connectivity index (χ1v) is 14.6. The fraction of sp³-hybridized carbons (Fsp3) is 0.393. The Bertz CT molecular complexity index is 1380. The van der Waals surface area contributed by atoms with Crippen LogP contribution in [0.1, 0.15) is 34.1 Å². The molecule has 10 nitrogen and oxygen atoms in total. The number of aliphatic hydroxyl groups is 1. The molecule has 0 spiro atoms. The van der Waals surface area contributed by atoms with E-state index in [2.05, 4.69) is 37.0 Å². The first kappa shape index (κ1) is 29.9. The number of amides is 1. The molecule has 3 aromatic rings. The van der Waals surface area contributed by atoms with E-state index < -0.39 is 15.8 Å². The van der Waals surface area contributed by atoms with Gasteiger partial charge in [-0.05, 0) is 68.7 Å². The van der Waals surface area contributed by atoms with Gasteiger partial charge in [0.1, 0.15) is 5.82 Å². The average molecular weight is 555 g/mol. The van der Waals surface area contributed by atoms with Crippen molar-refractivity contribution in [3.05, 3.63) is 54.7 Å². The second-order valence-corrected chi connectivity index (χ2v) is 11.4. The molecule has 4 rings (SSSR count). The molecule has 1 fully saturated rings. The highest BCUT2D eigenvalue weighted by Gasteiger charge is 2.16. The van der Waals surface area contributed by atoms with Crippen molar-refractivity contribution in [1.82, 2.24) is 9.97 Å². The molecule has 1 saturated heterocycles. The summed E-state index contributed by atoms with van der Waals surface area (Å²) in [5, 5.41) is 16.1. The molecule has 1 aliphatic rings. The molecule has 1 aliphatic heterocycles. The third-order valence-electron chi connectivity index (χ3n) is 6.14. The van der Waals surface area contributed by atoms with Crippen molar-refractivity contribution in [2.45, 2.75) is 45.1 Å². The van der Waals surface area contributed by atoms with Crippen molar-refractivity contribution >= 4 is 39.0 Å². The molecule has 39 heavy (non-hydrogen) atoms. The summed E-state index contributed by atoms with van der Waals surface area (Å²) in [7, 11) is -2.94. The first-order chi connectivity index (χ1) is 18.3. The van der Waals surface area contributed by atoms with Gasteiger partial charge in [-0.2, -0.15) is 4.98 Å². The van der Waals surface area contributed by atoms with Gasteiger partial charge in [-0.3, -0.25) is 0 Å². The summed E-state index contributed by atoms with van der Waals surface area (Å²) in [5.41, 5.74) is 3.66. The van der Waals surface area contributed by atoms with E-state index in [4.69, 9.17) is 9.72 Å². The predicted octanol–water partition coefficient (Wildman–Crippen LogP) is 5.53. The number of nitrogens with zero attached hydrogens (tertiary/aromatic N) is 4. The minimum atomic E-state index is -2.94. The number of hydrogen-bond donors (Lipinski definition) is 3. The molecule has 11 heteroatoms. The second kappa shape index (κ2) is 13.4. The topological polar surface area (TPSA) is 129 Å². The molecule has 2 atom stereocenters. The van der Waals surface area contributed by atoms with Crippen molar-refractivity contribution in [3.8, 4) is 11.1 Å². The lowest BCUT2D eigenvalue weighted by Crippen LogP contribution is -2.21. The number of nitrogens with one attached hydrogen (secondary N) is 2. The van der Waals surface area contributed by atoms with Crippen molar-refractivity contribution < 1.29 is 18.8 Å². The average Bonchev–Trinajstić information content (AvgIpc) is 3.44. The zero-order chi connectivity index (χ0) is 27.1. The van der Waals surface area contributed by atoms with Gasteiger partial charge in [0.05, 0.1) is 22.9 Å². The van der Waals surface area contributed by atoms with Gasteiger partial charge in [0.2, 0.25) is 5.95 Å². The highest BCUT2D eigenvalue weighted by Crippen LogP contribution is 2.32. The van der Waals surface area contributed by atoms with Crippen molar-refractivity contribution in [3.63, 3.8) is 0 Å². The maximum atomic E-state index is 12.9. The van der Waals surface area contributed by atoms with Crippen LogP contribution in [0.15, 0.2) is 64.0 Å². The van der Waals surface area contributed by atoms with Gasteiger partial charge in [-0.1, -0.05) is 19.6 Å². The minimum Gasteiger partial charge on any atom is -0.448 e. The van der Waals surface area contributed by atoms with Crippen LogP contribution in [-0.4, -0.2) is 64.0 Å². The van der Waals surface area contributed by atoms with Gasteiger partial charge < -0.3 is 25.4 Å². The van der Waals surface area contributed by atoms with E-state index in [1.807, 2.05) is 19.1 Å². The molecular formula is C28H38N6O4S. The lowest BCUT2D eigenvalue weighted by molar-refractivity contribution is 0.164. The van der Waals surface area contributed by atoms with Gasteiger partial charge in [-0.15, -0.1) is 4.36 Å². The molecule has 1 unspecified atom stereocenters. The third kappa shape index (κ3) is 7.67. The Labute approximate surface area is 231 Å². The fourth-order valence-electron chi connectivity index (χ4n) is 4.15. The van der Waals surface area contributed by atoms with Crippen LogP contribution < -0.4 is 15.5 Å². The fourth-order valence-corrected chi connectivity index (χ4v) is 5.24. The number of aliphatic hydroxyl groups excluding tert-OH is 1. The third-order valence-corrected chi connectivity index (χ3v) is 7.78. The van der Waals surface area contributed by atoms with E-state index in [-0.39, 0.29) is 26.7 Å². The molecule has 210 valence electrons. The number of rotatable bonds is 9. The number of aromatic nitrogens is 2. The zero-order valence-electron chi connectivity index (χ0n) is 21.9. The summed E-state index contributed by atoms with van der Waals surface area (Å²) in [6.45, 7) is 5.77. The van der Waals surface area contributed by atoms with Crippen LogP contribution >= 0.6 is 0 Å². The van der Waals surface area contributed by atoms with Gasteiger partial charge in [0.15, 0.2) is 0 Å². The first-order valence-electron chi connectivity index (χ1n) is 12.6. The Morgan fingerprint density at radius 3 is 2.59 bits per heavy atom. The Hall–Kier alpha value is -3.70. The van der Waals surface area contributed by atoms with E-state index in [1.54, 1.807) is 37.4 Å². The molecule has 1 aromatic heterocycles. The normalized spacial score (nSPS) is 15.0. The maximum Gasteiger partial charge on any atom is 0.442 e. The quantitative estimate of drug-likeness (QED) is 0.313. The number of carbonyl (C=O) groups excluding carboxylic acids is 1. The Morgan fingerprint density at radius 1 is 1.21 bits per heavy atom. The van der Waals surface area contributed by atoms with E-state index in [0.717, 1.165) is 24.2 Å². The molecule has 2 heterocycles.